The lowest BCUT2D eigenvalue weighted by Crippen LogP contribution is -2.34. The Morgan fingerprint density at radius 1 is 0.846 bits per heavy atom. The fourth-order valence-electron chi connectivity index (χ4n) is 2.91. The lowest BCUT2D eigenvalue weighted by atomic mass is 9.94. The highest BCUT2D eigenvalue weighted by Crippen LogP contribution is 2.26. The van der Waals surface area contributed by atoms with Crippen molar-refractivity contribution < 1.29 is 4.79 Å². The Kier molecular flexibility index (Phi) is 5.89. The number of carbonyl (C=O) groups is 1. The summed E-state index contributed by atoms with van der Waals surface area (Å²) < 4.78 is 0. The van der Waals surface area contributed by atoms with Crippen LogP contribution in [0.1, 0.15) is 16.7 Å². The molecule has 134 valence electrons. The molecule has 0 radical (unpaired) electrons. The van der Waals surface area contributed by atoms with Crippen molar-refractivity contribution in [1.82, 2.24) is 4.90 Å². The van der Waals surface area contributed by atoms with Crippen LogP contribution in [-0.2, 0) is 4.79 Å². The molecule has 1 saturated heterocycles. The third kappa shape index (κ3) is 4.39. The molecule has 0 amide bonds. The molecule has 1 aliphatic rings. The van der Waals surface area contributed by atoms with Crippen LogP contribution in [0.25, 0.3) is 12.2 Å². The molecule has 1 fully saturated rings. The highest BCUT2D eigenvalue weighted by molar-refractivity contribution is 6.42. The fourth-order valence-corrected chi connectivity index (χ4v) is 3.41. The lowest BCUT2D eigenvalue weighted by Gasteiger charge is -2.26. The van der Waals surface area contributed by atoms with Gasteiger partial charge in [-0.1, -0.05) is 53.0 Å². The summed E-state index contributed by atoms with van der Waals surface area (Å²) >= 11 is 18.2. The summed E-state index contributed by atoms with van der Waals surface area (Å²) in [5.74, 6) is 0.0471. The number of benzene rings is 2. The molecule has 0 aliphatic carbocycles. The van der Waals surface area contributed by atoms with E-state index in [9.17, 15) is 4.79 Å². The zero-order valence-electron chi connectivity index (χ0n) is 14.5. The van der Waals surface area contributed by atoms with Gasteiger partial charge in [-0.2, -0.15) is 0 Å². The van der Waals surface area contributed by atoms with E-state index in [1.165, 1.54) is 0 Å². The van der Waals surface area contributed by atoms with Gasteiger partial charge in [0, 0.05) is 29.3 Å². The number of hydrogen-bond acceptors (Lipinski definition) is 2. The number of likely N-dealkylation sites (tertiary alicyclic amines) is 1. The molecule has 5 heteroatoms. The monoisotopic (exact) mass is 405 g/mol. The molecular weight excluding hydrogens is 389 g/mol. The molecule has 1 aliphatic heterocycles. The molecule has 3 rings (SSSR count). The first-order valence-electron chi connectivity index (χ1n) is 8.19. The second-order valence-corrected chi connectivity index (χ2v) is 7.74. The predicted molar refractivity (Wildman–Crippen MR) is 111 cm³/mol. The van der Waals surface area contributed by atoms with Gasteiger partial charge >= 0.3 is 0 Å². The van der Waals surface area contributed by atoms with E-state index < -0.39 is 0 Å². The minimum absolute atomic E-state index is 0.0471. The van der Waals surface area contributed by atoms with E-state index in [1.807, 2.05) is 50.4 Å². The van der Waals surface area contributed by atoms with E-state index in [4.69, 9.17) is 34.8 Å². The standard InChI is InChI=1S/C21H18Cl3NO/c1-13-3-4-14(9-19(13)23)7-16-11-25(2)12-17(21(16)26)8-15-5-6-18(22)20(24)10-15/h3-10H,11-12H2,1-2H3/b16-7+,17-8+. The van der Waals surface area contributed by atoms with Crippen LogP contribution < -0.4 is 0 Å². The Hall–Kier alpha value is -1.58. The number of nitrogens with zero attached hydrogens (tertiary/aromatic N) is 1. The topological polar surface area (TPSA) is 20.3 Å². The Bertz CT molecular complexity index is 857. The number of hydrogen-bond donors (Lipinski definition) is 0. The number of Topliss-reactive ketones (excluding diaryl/α,β-unsaturated/α-hetero) is 1. The zero-order valence-corrected chi connectivity index (χ0v) is 16.8. The summed E-state index contributed by atoms with van der Waals surface area (Å²) in [4.78, 5) is 15.0. The first-order chi connectivity index (χ1) is 12.3. The molecular formula is C21H18Cl3NO. The quantitative estimate of drug-likeness (QED) is 0.575. The number of aryl methyl sites for hydroxylation is 1. The molecule has 0 spiro atoms. The van der Waals surface area contributed by atoms with Crippen LogP contribution in [0.2, 0.25) is 15.1 Å². The zero-order chi connectivity index (χ0) is 18.8. The smallest absolute Gasteiger partial charge is 0.187 e. The van der Waals surface area contributed by atoms with Crippen molar-refractivity contribution >= 4 is 52.7 Å². The molecule has 0 atom stereocenters. The van der Waals surface area contributed by atoms with Crippen molar-refractivity contribution in [2.75, 3.05) is 20.1 Å². The third-order valence-electron chi connectivity index (χ3n) is 4.29. The highest BCUT2D eigenvalue weighted by atomic mass is 35.5. The number of ketones is 1. The molecule has 2 aromatic carbocycles. The predicted octanol–water partition coefficient (Wildman–Crippen LogP) is 5.94. The molecule has 0 saturated carbocycles. The van der Waals surface area contributed by atoms with Crippen molar-refractivity contribution in [2.24, 2.45) is 0 Å². The number of carbonyl (C=O) groups excluding carboxylic acids is 1. The maximum Gasteiger partial charge on any atom is 0.187 e. The maximum atomic E-state index is 12.9. The van der Waals surface area contributed by atoms with Gasteiger partial charge in [0.15, 0.2) is 5.78 Å². The molecule has 2 nitrogen and oxygen atoms in total. The molecule has 0 bridgehead atoms. The van der Waals surface area contributed by atoms with Crippen LogP contribution >= 0.6 is 34.8 Å². The van der Waals surface area contributed by atoms with Gasteiger partial charge in [0.2, 0.25) is 0 Å². The SMILES string of the molecule is Cc1ccc(/C=C2\CN(C)C/C(=C\c3ccc(Cl)c(Cl)c3)C2=O)cc1Cl. The third-order valence-corrected chi connectivity index (χ3v) is 5.43. The molecule has 26 heavy (non-hydrogen) atoms. The summed E-state index contributed by atoms with van der Waals surface area (Å²) in [6.07, 6.45) is 3.78. The van der Waals surface area contributed by atoms with E-state index in [2.05, 4.69) is 4.90 Å². The molecule has 0 aromatic heterocycles. The summed E-state index contributed by atoms with van der Waals surface area (Å²) in [7, 11) is 1.99. The van der Waals surface area contributed by atoms with Crippen molar-refractivity contribution in [3.05, 3.63) is 79.3 Å². The second-order valence-electron chi connectivity index (χ2n) is 6.52. The van der Waals surface area contributed by atoms with Crippen molar-refractivity contribution in [2.45, 2.75) is 6.92 Å². The van der Waals surface area contributed by atoms with E-state index in [-0.39, 0.29) is 5.78 Å². The molecule has 2 aromatic rings. The maximum absolute atomic E-state index is 12.9. The van der Waals surface area contributed by atoms with E-state index in [0.29, 0.717) is 28.2 Å². The molecule has 1 heterocycles. The van der Waals surface area contributed by atoms with Gasteiger partial charge < -0.3 is 0 Å². The van der Waals surface area contributed by atoms with Gasteiger partial charge in [-0.15, -0.1) is 0 Å². The minimum atomic E-state index is 0.0471. The van der Waals surface area contributed by atoms with E-state index in [0.717, 1.165) is 27.8 Å². The molecule has 0 unspecified atom stereocenters. The van der Waals surface area contributed by atoms with Crippen LogP contribution in [0.3, 0.4) is 0 Å². The van der Waals surface area contributed by atoms with Gasteiger partial charge in [0.25, 0.3) is 0 Å². The normalized spacial score (nSPS) is 18.7. The fraction of sp³-hybridized carbons (Fsp3) is 0.190. The first-order valence-corrected chi connectivity index (χ1v) is 9.32. The summed E-state index contributed by atoms with van der Waals surface area (Å²) in [6, 6.07) is 11.2. The Morgan fingerprint density at radius 2 is 1.38 bits per heavy atom. The number of rotatable bonds is 2. The van der Waals surface area contributed by atoms with Crippen LogP contribution in [-0.4, -0.2) is 30.8 Å². The number of likely N-dealkylation sites (N-methyl/N-ethyl adjacent to an activating group) is 1. The van der Waals surface area contributed by atoms with Crippen LogP contribution in [0.15, 0.2) is 47.5 Å². The Balaban J connectivity index is 1.94. The largest absolute Gasteiger partial charge is 0.298 e. The number of piperidine rings is 1. The minimum Gasteiger partial charge on any atom is -0.298 e. The van der Waals surface area contributed by atoms with Crippen molar-refractivity contribution in [3.8, 4) is 0 Å². The van der Waals surface area contributed by atoms with Crippen molar-refractivity contribution in [3.63, 3.8) is 0 Å². The van der Waals surface area contributed by atoms with Gasteiger partial charge in [-0.05, 0) is 61.0 Å². The average Bonchev–Trinajstić information content (AvgIpc) is 2.58. The Labute approximate surface area is 168 Å². The van der Waals surface area contributed by atoms with Crippen LogP contribution in [0, 0.1) is 6.92 Å². The summed E-state index contributed by atoms with van der Waals surface area (Å²) in [5.41, 5.74) is 4.26. The molecule has 0 N–H and O–H groups in total. The van der Waals surface area contributed by atoms with Crippen LogP contribution in [0.4, 0.5) is 0 Å². The second kappa shape index (κ2) is 7.98. The average molecular weight is 407 g/mol. The van der Waals surface area contributed by atoms with Gasteiger partial charge in [-0.25, -0.2) is 0 Å². The summed E-state index contributed by atoms with van der Waals surface area (Å²) in [5, 5.41) is 1.67. The van der Waals surface area contributed by atoms with Gasteiger partial charge in [0.1, 0.15) is 0 Å². The summed E-state index contributed by atoms with van der Waals surface area (Å²) in [6.45, 7) is 3.14. The van der Waals surface area contributed by atoms with E-state index >= 15 is 0 Å². The number of halogens is 3. The van der Waals surface area contributed by atoms with Gasteiger partial charge in [-0.3, -0.25) is 9.69 Å². The lowest BCUT2D eigenvalue weighted by molar-refractivity contribution is -0.113. The highest BCUT2D eigenvalue weighted by Gasteiger charge is 2.24. The van der Waals surface area contributed by atoms with Crippen LogP contribution in [0.5, 0.6) is 0 Å². The van der Waals surface area contributed by atoms with Gasteiger partial charge in [0.05, 0.1) is 10.0 Å². The van der Waals surface area contributed by atoms with E-state index in [1.54, 1.807) is 12.1 Å². The Morgan fingerprint density at radius 3 is 1.92 bits per heavy atom. The van der Waals surface area contributed by atoms with Crippen molar-refractivity contribution in [1.29, 1.82) is 0 Å². The first kappa shape index (κ1) is 19.2.